The maximum absolute atomic E-state index is 12.5. The van der Waals surface area contributed by atoms with E-state index in [9.17, 15) is 13.5 Å². The van der Waals surface area contributed by atoms with Crippen LogP contribution in [0.15, 0.2) is 53.4 Å². The smallest absolute Gasteiger partial charge is 0.297 e. The average molecular weight is 352 g/mol. The minimum absolute atomic E-state index is 0.0651. The fourth-order valence-electron chi connectivity index (χ4n) is 2.16. The summed E-state index contributed by atoms with van der Waals surface area (Å²) >= 11 is 0. The lowest BCUT2D eigenvalue weighted by molar-refractivity contribution is 0.0507. The standard InChI is InChI=1S/C17H20O6S/c1-13-6-3-4-9-17(13)24(19,20)23-16(11-18)14-7-5-8-15(10-14)22-12-21-2/h3-10,16,18H,11-12H2,1-2H3/t16-/m1/s1. The SMILES string of the molecule is COCOc1cccc([C@@H](CO)OS(=O)(=O)c2ccccc2C)c1. The Morgan fingerprint density at radius 3 is 2.54 bits per heavy atom. The molecule has 0 radical (unpaired) electrons. The highest BCUT2D eigenvalue weighted by Crippen LogP contribution is 2.27. The van der Waals surface area contributed by atoms with Crippen molar-refractivity contribution >= 4 is 10.1 Å². The molecular formula is C17H20O6S. The summed E-state index contributed by atoms with van der Waals surface area (Å²) in [5, 5.41) is 9.57. The average Bonchev–Trinajstić information content (AvgIpc) is 2.58. The monoisotopic (exact) mass is 352 g/mol. The van der Waals surface area contributed by atoms with Crippen LogP contribution in [0.4, 0.5) is 0 Å². The van der Waals surface area contributed by atoms with Crippen LogP contribution in [0.1, 0.15) is 17.2 Å². The van der Waals surface area contributed by atoms with Crippen molar-refractivity contribution in [1.29, 1.82) is 0 Å². The Morgan fingerprint density at radius 1 is 1.12 bits per heavy atom. The highest BCUT2D eigenvalue weighted by Gasteiger charge is 2.24. The van der Waals surface area contributed by atoms with Gasteiger partial charge in [-0.15, -0.1) is 0 Å². The fraction of sp³-hybridized carbons (Fsp3) is 0.294. The molecule has 1 N–H and O–H groups in total. The van der Waals surface area contributed by atoms with Gasteiger partial charge in [-0.25, -0.2) is 0 Å². The Kier molecular flexibility index (Phi) is 6.33. The molecule has 0 spiro atoms. The predicted molar refractivity (Wildman–Crippen MR) is 88.2 cm³/mol. The van der Waals surface area contributed by atoms with Crippen LogP contribution in [0.5, 0.6) is 5.75 Å². The second-order valence-corrected chi connectivity index (χ2v) is 6.65. The van der Waals surface area contributed by atoms with E-state index in [1.807, 2.05) is 0 Å². The van der Waals surface area contributed by atoms with Crippen molar-refractivity contribution in [1.82, 2.24) is 0 Å². The van der Waals surface area contributed by atoms with Gasteiger partial charge in [0.15, 0.2) is 6.79 Å². The van der Waals surface area contributed by atoms with Crippen LogP contribution in [0, 0.1) is 6.92 Å². The molecule has 0 aliphatic carbocycles. The maximum Gasteiger partial charge on any atom is 0.297 e. The summed E-state index contributed by atoms with van der Waals surface area (Å²) in [5.41, 5.74) is 1.06. The van der Waals surface area contributed by atoms with E-state index in [1.54, 1.807) is 49.4 Å². The minimum atomic E-state index is -4.01. The van der Waals surface area contributed by atoms with E-state index < -0.39 is 22.8 Å². The number of aliphatic hydroxyl groups is 1. The van der Waals surface area contributed by atoms with Crippen LogP contribution in [-0.2, 0) is 19.0 Å². The first kappa shape index (κ1) is 18.4. The topological polar surface area (TPSA) is 82.1 Å². The Bertz CT molecular complexity index is 772. The number of benzene rings is 2. The van der Waals surface area contributed by atoms with Gasteiger partial charge in [0, 0.05) is 7.11 Å². The molecule has 0 bridgehead atoms. The van der Waals surface area contributed by atoms with Crippen LogP contribution in [0.3, 0.4) is 0 Å². The van der Waals surface area contributed by atoms with Gasteiger partial charge < -0.3 is 14.6 Å². The zero-order valence-corrected chi connectivity index (χ0v) is 14.3. The van der Waals surface area contributed by atoms with Gasteiger partial charge in [-0.1, -0.05) is 30.3 Å². The molecule has 2 aromatic carbocycles. The van der Waals surface area contributed by atoms with Gasteiger partial charge in [-0.3, -0.25) is 4.18 Å². The van der Waals surface area contributed by atoms with Crippen molar-refractivity contribution in [2.45, 2.75) is 17.9 Å². The molecule has 130 valence electrons. The predicted octanol–water partition coefficient (Wildman–Crippen LogP) is 2.42. The molecular weight excluding hydrogens is 332 g/mol. The van der Waals surface area contributed by atoms with Gasteiger partial charge in [-0.2, -0.15) is 8.42 Å². The number of ether oxygens (including phenoxy) is 2. The summed E-state index contributed by atoms with van der Waals surface area (Å²) in [4.78, 5) is 0.0789. The van der Waals surface area contributed by atoms with Crippen LogP contribution >= 0.6 is 0 Å². The summed E-state index contributed by atoms with van der Waals surface area (Å²) in [5.74, 6) is 0.490. The van der Waals surface area contributed by atoms with Crippen LogP contribution < -0.4 is 4.74 Å². The molecule has 6 nitrogen and oxygen atoms in total. The van der Waals surface area contributed by atoms with E-state index in [0.29, 0.717) is 16.9 Å². The van der Waals surface area contributed by atoms with Gasteiger partial charge in [0.25, 0.3) is 10.1 Å². The zero-order valence-electron chi connectivity index (χ0n) is 13.5. The highest BCUT2D eigenvalue weighted by molar-refractivity contribution is 7.86. The van der Waals surface area contributed by atoms with Gasteiger partial charge >= 0.3 is 0 Å². The molecule has 0 saturated carbocycles. The molecule has 0 aromatic heterocycles. The third-order valence-electron chi connectivity index (χ3n) is 3.34. The first-order valence-corrected chi connectivity index (χ1v) is 8.70. The zero-order chi connectivity index (χ0) is 17.6. The summed E-state index contributed by atoms with van der Waals surface area (Å²) in [7, 11) is -2.51. The van der Waals surface area contributed by atoms with E-state index in [1.165, 1.54) is 13.2 Å². The van der Waals surface area contributed by atoms with Crippen molar-refractivity contribution < 1.29 is 27.2 Å². The van der Waals surface area contributed by atoms with E-state index >= 15 is 0 Å². The number of rotatable bonds is 8. The third-order valence-corrected chi connectivity index (χ3v) is 4.83. The van der Waals surface area contributed by atoms with Crippen molar-refractivity contribution in [3.05, 3.63) is 59.7 Å². The summed E-state index contributed by atoms with van der Waals surface area (Å²) in [6.07, 6.45) is -1.03. The molecule has 7 heteroatoms. The van der Waals surface area contributed by atoms with Crippen LogP contribution in [0.25, 0.3) is 0 Å². The summed E-state index contributed by atoms with van der Waals surface area (Å²) < 4.78 is 40.3. The van der Waals surface area contributed by atoms with Crippen LogP contribution in [0.2, 0.25) is 0 Å². The summed E-state index contributed by atoms with van der Waals surface area (Å²) in [6.45, 7) is 1.26. The van der Waals surface area contributed by atoms with Crippen molar-refractivity contribution in [3.8, 4) is 5.75 Å². The number of hydrogen-bond donors (Lipinski definition) is 1. The molecule has 24 heavy (non-hydrogen) atoms. The van der Waals surface area contributed by atoms with Crippen molar-refractivity contribution in [2.75, 3.05) is 20.5 Å². The number of aryl methyl sites for hydroxylation is 1. The lowest BCUT2D eigenvalue weighted by Gasteiger charge is -2.17. The van der Waals surface area contributed by atoms with Gasteiger partial charge in [0.05, 0.1) is 11.5 Å². The molecule has 0 saturated heterocycles. The fourth-order valence-corrected chi connectivity index (χ4v) is 3.45. The van der Waals surface area contributed by atoms with Crippen molar-refractivity contribution in [2.24, 2.45) is 0 Å². The lowest BCUT2D eigenvalue weighted by Crippen LogP contribution is -2.16. The molecule has 0 unspecified atom stereocenters. The molecule has 0 aliphatic rings. The first-order chi connectivity index (χ1) is 11.5. The Labute approximate surface area is 141 Å². The molecule has 0 heterocycles. The molecule has 0 amide bonds. The van der Waals surface area contributed by atoms with Gasteiger partial charge in [0.1, 0.15) is 11.9 Å². The normalized spacial score (nSPS) is 12.8. The van der Waals surface area contributed by atoms with E-state index in [0.717, 1.165) is 0 Å². The highest BCUT2D eigenvalue weighted by atomic mass is 32.2. The lowest BCUT2D eigenvalue weighted by atomic mass is 10.1. The molecule has 2 rings (SSSR count). The second-order valence-electron chi connectivity index (χ2n) is 5.11. The molecule has 2 aromatic rings. The van der Waals surface area contributed by atoms with E-state index in [-0.39, 0.29) is 11.7 Å². The second kappa shape index (κ2) is 8.25. The first-order valence-electron chi connectivity index (χ1n) is 7.29. The van der Waals surface area contributed by atoms with E-state index in [4.69, 9.17) is 13.7 Å². The number of methoxy groups -OCH3 is 1. The quantitative estimate of drug-likeness (QED) is 0.580. The maximum atomic E-state index is 12.5. The van der Waals surface area contributed by atoms with Gasteiger partial charge in [0.2, 0.25) is 0 Å². The third kappa shape index (κ3) is 4.55. The summed E-state index contributed by atoms with van der Waals surface area (Å²) in [6, 6.07) is 13.2. The van der Waals surface area contributed by atoms with Gasteiger partial charge in [-0.05, 0) is 36.2 Å². The Morgan fingerprint density at radius 2 is 1.88 bits per heavy atom. The molecule has 1 atom stereocenters. The largest absolute Gasteiger partial charge is 0.468 e. The number of aliphatic hydroxyl groups excluding tert-OH is 1. The Balaban J connectivity index is 2.25. The Hall–Kier alpha value is -1.93. The minimum Gasteiger partial charge on any atom is -0.468 e. The molecule has 0 aliphatic heterocycles. The van der Waals surface area contributed by atoms with Crippen molar-refractivity contribution in [3.63, 3.8) is 0 Å². The number of hydrogen-bond acceptors (Lipinski definition) is 6. The van der Waals surface area contributed by atoms with E-state index in [2.05, 4.69) is 0 Å². The van der Waals surface area contributed by atoms with Crippen LogP contribution in [-0.4, -0.2) is 34.0 Å². The molecule has 0 fully saturated rings.